The van der Waals surface area contributed by atoms with E-state index in [1.54, 1.807) is 6.20 Å². The Hall–Kier alpha value is -0.600. The highest BCUT2D eigenvalue weighted by molar-refractivity contribution is 6.31. The third-order valence-corrected chi connectivity index (χ3v) is 2.95. The highest BCUT2D eigenvalue weighted by Gasteiger charge is 2.18. The summed E-state index contributed by atoms with van der Waals surface area (Å²) in [4.78, 5) is 4.32. The second kappa shape index (κ2) is 5.32. The van der Waals surface area contributed by atoms with E-state index in [1.807, 2.05) is 19.2 Å². The van der Waals surface area contributed by atoms with Crippen molar-refractivity contribution in [3.63, 3.8) is 0 Å². The molecule has 0 spiro atoms. The van der Waals surface area contributed by atoms with Gasteiger partial charge in [-0.15, -0.1) is 0 Å². The topological polar surface area (TPSA) is 24.9 Å². The summed E-state index contributed by atoms with van der Waals surface area (Å²) >= 11 is 6.09. The summed E-state index contributed by atoms with van der Waals surface area (Å²) in [5.74, 6) is 0.346. The SMILES string of the molecule is CCC(NC)C(C)c1ncccc1Cl. The lowest BCUT2D eigenvalue weighted by atomic mass is 9.96. The van der Waals surface area contributed by atoms with Crippen molar-refractivity contribution < 1.29 is 0 Å². The molecule has 0 aliphatic heterocycles. The normalized spacial score (nSPS) is 15.1. The molecule has 1 rings (SSSR count). The fourth-order valence-corrected chi connectivity index (χ4v) is 2.02. The molecule has 14 heavy (non-hydrogen) atoms. The van der Waals surface area contributed by atoms with Gasteiger partial charge in [0.05, 0.1) is 10.7 Å². The summed E-state index contributed by atoms with van der Waals surface area (Å²) in [6, 6.07) is 4.18. The number of rotatable bonds is 4. The van der Waals surface area contributed by atoms with Crippen LogP contribution in [0.4, 0.5) is 0 Å². The van der Waals surface area contributed by atoms with E-state index in [2.05, 4.69) is 24.1 Å². The number of halogens is 1. The molecule has 0 saturated heterocycles. The molecule has 0 fully saturated rings. The van der Waals surface area contributed by atoms with E-state index in [0.717, 1.165) is 17.1 Å². The lowest BCUT2D eigenvalue weighted by molar-refractivity contribution is 0.466. The number of nitrogens with one attached hydrogen (secondary N) is 1. The average Bonchev–Trinajstić information content (AvgIpc) is 2.20. The zero-order chi connectivity index (χ0) is 10.6. The summed E-state index contributed by atoms with van der Waals surface area (Å²) in [5.41, 5.74) is 0.982. The van der Waals surface area contributed by atoms with Crippen LogP contribution in [0.3, 0.4) is 0 Å². The molecule has 2 unspecified atom stereocenters. The van der Waals surface area contributed by atoms with Gasteiger partial charge in [0.1, 0.15) is 0 Å². The van der Waals surface area contributed by atoms with Crippen LogP contribution in [0.2, 0.25) is 5.02 Å². The molecule has 0 aliphatic rings. The van der Waals surface area contributed by atoms with Gasteiger partial charge in [-0.25, -0.2) is 0 Å². The van der Waals surface area contributed by atoms with Crippen molar-refractivity contribution in [3.8, 4) is 0 Å². The van der Waals surface area contributed by atoms with E-state index in [9.17, 15) is 0 Å². The maximum atomic E-state index is 6.09. The molecular formula is C11H17ClN2. The first-order chi connectivity index (χ1) is 6.70. The second-order valence-electron chi connectivity index (χ2n) is 3.46. The fourth-order valence-electron chi connectivity index (χ4n) is 1.73. The van der Waals surface area contributed by atoms with Crippen LogP contribution in [0.1, 0.15) is 31.9 Å². The van der Waals surface area contributed by atoms with Gasteiger partial charge in [0, 0.05) is 18.2 Å². The van der Waals surface area contributed by atoms with Crippen LogP contribution >= 0.6 is 11.6 Å². The minimum Gasteiger partial charge on any atom is -0.316 e. The lowest BCUT2D eigenvalue weighted by Crippen LogP contribution is -2.30. The predicted molar refractivity (Wildman–Crippen MR) is 60.8 cm³/mol. The number of likely N-dealkylation sites (N-methyl/N-ethyl adjacent to an activating group) is 1. The number of pyridine rings is 1. The van der Waals surface area contributed by atoms with Crippen LogP contribution in [0.25, 0.3) is 0 Å². The van der Waals surface area contributed by atoms with Crippen LogP contribution < -0.4 is 5.32 Å². The van der Waals surface area contributed by atoms with Crippen molar-refractivity contribution in [2.24, 2.45) is 0 Å². The molecule has 0 aliphatic carbocycles. The van der Waals surface area contributed by atoms with Crippen molar-refractivity contribution in [2.75, 3.05) is 7.05 Å². The molecule has 78 valence electrons. The largest absolute Gasteiger partial charge is 0.316 e. The smallest absolute Gasteiger partial charge is 0.0633 e. The summed E-state index contributed by atoms with van der Waals surface area (Å²) in [6.45, 7) is 4.31. The van der Waals surface area contributed by atoms with E-state index < -0.39 is 0 Å². The lowest BCUT2D eigenvalue weighted by Gasteiger charge is -2.22. The Balaban J connectivity index is 2.88. The van der Waals surface area contributed by atoms with Crippen LogP contribution in [-0.4, -0.2) is 18.1 Å². The third kappa shape index (κ3) is 2.46. The first kappa shape index (κ1) is 11.5. The van der Waals surface area contributed by atoms with Gasteiger partial charge in [-0.1, -0.05) is 25.4 Å². The first-order valence-corrected chi connectivity index (χ1v) is 5.36. The highest BCUT2D eigenvalue weighted by Crippen LogP contribution is 2.25. The first-order valence-electron chi connectivity index (χ1n) is 4.98. The minimum atomic E-state index is 0.346. The molecular weight excluding hydrogens is 196 g/mol. The zero-order valence-corrected chi connectivity index (χ0v) is 9.67. The highest BCUT2D eigenvalue weighted by atomic mass is 35.5. The van der Waals surface area contributed by atoms with Gasteiger partial charge in [0.15, 0.2) is 0 Å². The molecule has 1 aromatic heterocycles. The summed E-state index contributed by atoms with van der Waals surface area (Å²) in [6.07, 6.45) is 2.87. The molecule has 1 N–H and O–H groups in total. The second-order valence-corrected chi connectivity index (χ2v) is 3.87. The molecule has 2 atom stereocenters. The Morgan fingerprint density at radius 2 is 2.29 bits per heavy atom. The van der Waals surface area contributed by atoms with Gasteiger partial charge in [0.2, 0.25) is 0 Å². The van der Waals surface area contributed by atoms with Crippen molar-refractivity contribution in [1.29, 1.82) is 0 Å². The van der Waals surface area contributed by atoms with Crippen LogP contribution in [0, 0.1) is 0 Å². The molecule has 2 nitrogen and oxygen atoms in total. The van der Waals surface area contributed by atoms with Gasteiger partial charge in [-0.2, -0.15) is 0 Å². The molecule has 1 heterocycles. The Kier molecular flexibility index (Phi) is 4.36. The zero-order valence-electron chi connectivity index (χ0n) is 8.92. The van der Waals surface area contributed by atoms with Crippen LogP contribution in [0.5, 0.6) is 0 Å². The molecule has 0 radical (unpaired) electrons. The van der Waals surface area contributed by atoms with Gasteiger partial charge >= 0.3 is 0 Å². The fraction of sp³-hybridized carbons (Fsp3) is 0.545. The molecule has 0 aromatic carbocycles. The number of hydrogen-bond donors (Lipinski definition) is 1. The van der Waals surface area contributed by atoms with E-state index in [1.165, 1.54) is 0 Å². The molecule has 1 aromatic rings. The molecule has 0 amide bonds. The van der Waals surface area contributed by atoms with E-state index in [4.69, 9.17) is 11.6 Å². The monoisotopic (exact) mass is 212 g/mol. The van der Waals surface area contributed by atoms with Gasteiger partial charge < -0.3 is 5.32 Å². The van der Waals surface area contributed by atoms with Gasteiger partial charge in [0.25, 0.3) is 0 Å². The number of aromatic nitrogens is 1. The van der Waals surface area contributed by atoms with E-state index in [0.29, 0.717) is 12.0 Å². The van der Waals surface area contributed by atoms with Crippen molar-refractivity contribution in [3.05, 3.63) is 29.0 Å². The molecule has 0 saturated carbocycles. The van der Waals surface area contributed by atoms with E-state index >= 15 is 0 Å². The maximum Gasteiger partial charge on any atom is 0.0633 e. The van der Waals surface area contributed by atoms with Crippen LogP contribution in [0.15, 0.2) is 18.3 Å². The quantitative estimate of drug-likeness (QED) is 0.831. The Morgan fingerprint density at radius 1 is 1.57 bits per heavy atom. The molecule has 3 heteroatoms. The van der Waals surface area contributed by atoms with Crippen molar-refractivity contribution in [1.82, 2.24) is 10.3 Å². The number of hydrogen-bond acceptors (Lipinski definition) is 2. The summed E-state index contributed by atoms with van der Waals surface area (Å²) in [7, 11) is 1.97. The Morgan fingerprint density at radius 3 is 2.79 bits per heavy atom. The number of nitrogens with zero attached hydrogens (tertiary/aromatic N) is 1. The van der Waals surface area contributed by atoms with Crippen LogP contribution in [-0.2, 0) is 0 Å². The molecule has 0 bridgehead atoms. The summed E-state index contributed by atoms with van der Waals surface area (Å²) in [5, 5.41) is 4.04. The van der Waals surface area contributed by atoms with Gasteiger partial charge in [-0.3, -0.25) is 4.98 Å². The summed E-state index contributed by atoms with van der Waals surface area (Å²) < 4.78 is 0. The van der Waals surface area contributed by atoms with Crippen molar-refractivity contribution >= 4 is 11.6 Å². The third-order valence-electron chi connectivity index (χ3n) is 2.63. The predicted octanol–water partition coefficient (Wildman–Crippen LogP) is 2.84. The minimum absolute atomic E-state index is 0.346. The standard InChI is InChI=1S/C11H17ClN2/c1-4-10(13-3)8(2)11-9(12)6-5-7-14-11/h5-8,10,13H,4H2,1-3H3. The maximum absolute atomic E-state index is 6.09. The Labute approximate surface area is 90.7 Å². The van der Waals surface area contributed by atoms with E-state index in [-0.39, 0.29) is 0 Å². The van der Waals surface area contributed by atoms with Gasteiger partial charge in [-0.05, 0) is 25.6 Å². The van der Waals surface area contributed by atoms with Crippen molar-refractivity contribution in [2.45, 2.75) is 32.2 Å². The average molecular weight is 213 g/mol. The Bertz CT molecular complexity index is 284.